The summed E-state index contributed by atoms with van der Waals surface area (Å²) in [5.74, 6) is 2.66. The lowest BCUT2D eigenvalue weighted by molar-refractivity contribution is 0.105. The van der Waals surface area contributed by atoms with Gasteiger partial charge in [-0.15, -0.1) is 0 Å². The molecule has 0 aliphatic carbocycles. The SMILES string of the molecule is CCCNCC1(CN(C)C2CCSC2)CCOC1. The van der Waals surface area contributed by atoms with Crippen LogP contribution >= 0.6 is 11.8 Å². The van der Waals surface area contributed by atoms with Crippen molar-refractivity contribution in [3.63, 3.8) is 0 Å². The standard InChI is InChI=1S/C14H28N2OS/c1-3-6-15-10-14(5-7-17-12-14)11-16(2)13-4-8-18-9-13/h13,15H,3-12H2,1-2H3. The first-order chi connectivity index (χ1) is 8.76. The van der Waals surface area contributed by atoms with Gasteiger partial charge >= 0.3 is 0 Å². The number of nitrogens with zero attached hydrogens (tertiary/aromatic N) is 1. The lowest BCUT2D eigenvalue weighted by Gasteiger charge is -2.35. The van der Waals surface area contributed by atoms with Gasteiger partial charge in [0.05, 0.1) is 6.61 Å². The van der Waals surface area contributed by atoms with Gasteiger partial charge in [-0.3, -0.25) is 0 Å². The molecule has 0 bridgehead atoms. The van der Waals surface area contributed by atoms with Crippen LogP contribution in [0.5, 0.6) is 0 Å². The summed E-state index contributed by atoms with van der Waals surface area (Å²) >= 11 is 2.10. The highest BCUT2D eigenvalue weighted by molar-refractivity contribution is 7.99. The molecular formula is C14H28N2OS. The predicted molar refractivity (Wildman–Crippen MR) is 79.4 cm³/mol. The van der Waals surface area contributed by atoms with Crippen LogP contribution in [0.1, 0.15) is 26.2 Å². The monoisotopic (exact) mass is 272 g/mol. The third kappa shape index (κ3) is 3.86. The van der Waals surface area contributed by atoms with Gasteiger partial charge in [0.1, 0.15) is 0 Å². The largest absolute Gasteiger partial charge is 0.381 e. The minimum Gasteiger partial charge on any atom is -0.381 e. The molecule has 18 heavy (non-hydrogen) atoms. The van der Waals surface area contributed by atoms with Crippen LogP contribution in [0.15, 0.2) is 0 Å². The van der Waals surface area contributed by atoms with Crippen molar-refractivity contribution < 1.29 is 4.74 Å². The Bertz CT molecular complexity index is 238. The van der Waals surface area contributed by atoms with Crippen molar-refractivity contribution in [1.29, 1.82) is 0 Å². The average Bonchev–Trinajstić information content (AvgIpc) is 3.00. The number of nitrogens with one attached hydrogen (secondary N) is 1. The molecular weight excluding hydrogens is 244 g/mol. The molecule has 2 aliphatic rings. The molecule has 1 N–H and O–H groups in total. The number of hydrogen-bond donors (Lipinski definition) is 1. The van der Waals surface area contributed by atoms with Gasteiger partial charge in [-0.05, 0) is 38.6 Å². The third-order valence-corrected chi connectivity index (χ3v) is 5.37. The molecule has 106 valence electrons. The van der Waals surface area contributed by atoms with Crippen molar-refractivity contribution in [2.75, 3.05) is 51.4 Å². The molecule has 0 aromatic heterocycles. The van der Waals surface area contributed by atoms with E-state index in [1.54, 1.807) is 0 Å². The van der Waals surface area contributed by atoms with Gasteiger partial charge in [0.2, 0.25) is 0 Å². The zero-order valence-corrected chi connectivity index (χ0v) is 12.7. The van der Waals surface area contributed by atoms with Crippen molar-refractivity contribution in [3.8, 4) is 0 Å². The second-order valence-corrected chi connectivity index (χ2v) is 7.06. The first kappa shape index (κ1) is 14.6. The Morgan fingerprint density at radius 3 is 3.00 bits per heavy atom. The van der Waals surface area contributed by atoms with E-state index in [0.717, 1.165) is 32.3 Å². The van der Waals surface area contributed by atoms with Crippen molar-refractivity contribution in [2.45, 2.75) is 32.2 Å². The Morgan fingerprint density at radius 2 is 2.39 bits per heavy atom. The van der Waals surface area contributed by atoms with E-state index in [2.05, 4.69) is 35.9 Å². The van der Waals surface area contributed by atoms with E-state index < -0.39 is 0 Å². The van der Waals surface area contributed by atoms with Crippen LogP contribution in [0.25, 0.3) is 0 Å². The van der Waals surface area contributed by atoms with Crippen LogP contribution in [0.3, 0.4) is 0 Å². The second kappa shape index (κ2) is 7.13. The van der Waals surface area contributed by atoms with Gasteiger partial charge in [-0.2, -0.15) is 11.8 Å². The van der Waals surface area contributed by atoms with Crippen molar-refractivity contribution in [2.24, 2.45) is 5.41 Å². The fourth-order valence-corrected chi connectivity index (χ4v) is 4.33. The zero-order valence-electron chi connectivity index (χ0n) is 11.9. The molecule has 0 radical (unpaired) electrons. The molecule has 2 saturated heterocycles. The fourth-order valence-electron chi connectivity index (χ4n) is 3.03. The maximum Gasteiger partial charge on any atom is 0.0547 e. The van der Waals surface area contributed by atoms with Gasteiger partial charge in [0.25, 0.3) is 0 Å². The van der Waals surface area contributed by atoms with Gasteiger partial charge in [0, 0.05) is 36.9 Å². The van der Waals surface area contributed by atoms with Gasteiger partial charge < -0.3 is 15.0 Å². The van der Waals surface area contributed by atoms with Gasteiger partial charge in [-0.1, -0.05) is 6.92 Å². The molecule has 0 aromatic carbocycles. The highest BCUT2D eigenvalue weighted by Gasteiger charge is 2.37. The van der Waals surface area contributed by atoms with E-state index in [9.17, 15) is 0 Å². The molecule has 0 aromatic rings. The molecule has 2 fully saturated rings. The Balaban J connectivity index is 1.84. The third-order valence-electron chi connectivity index (χ3n) is 4.23. The van der Waals surface area contributed by atoms with Crippen LogP contribution in [0.4, 0.5) is 0 Å². The predicted octanol–water partition coefficient (Wildman–Crippen LogP) is 1.83. The summed E-state index contributed by atoms with van der Waals surface area (Å²) in [6.07, 6.45) is 3.79. The molecule has 3 nitrogen and oxygen atoms in total. The lowest BCUT2D eigenvalue weighted by Crippen LogP contribution is -2.46. The lowest BCUT2D eigenvalue weighted by atomic mass is 9.86. The highest BCUT2D eigenvalue weighted by atomic mass is 32.2. The van der Waals surface area contributed by atoms with E-state index in [4.69, 9.17) is 4.74 Å². The topological polar surface area (TPSA) is 24.5 Å². The molecule has 2 heterocycles. The number of thioether (sulfide) groups is 1. The average molecular weight is 272 g/mol. The zero-order chi connectivity index (χ0) is 12.8. The number of hydrogen-bond acceptors (Lipinski definition) is 4. The smallest absolute Gasteiger partial charge is 0.0547 e. The highest BCUT2D eigenvalue weighted by Crippen LogP contribution is 2.31. The maximum absolute atomic E-state index is 5.68. The van der Waals surface area contributed by atoms with Crippen LogP contribution < -0.4 is 5.32 Å². The van der Waals surface area contributed by atoms with Crippen LogP contribution in [0, 0.1) is 5.41 Å². The molecule has 0 saturated carbocycles. The van der Waals surface area contributed by atoms with E-state index in [1.807, 2.05) is 0 Å². The van der Waals surface area contributed by atoms with Gasteiger partial charge in [-0.25, -0.2) is 0 Å². The summed E-state index contributed by atoms with van der Waals surface area (Å²) in [4.78, 5) is 2.59. The van der Waals surface area contributed by atoms with E-state index in [0.29, 0.717) is 5.41 Å². The summed E-state index contributed by atoms with van der Waals surface area (Å²) in [6, 6.07) is 0.790. The molecule has 0 spiro atoms. The van der Waals surface area contributed by atoms with Crippen LogP contribution in [0.2, 0.25) is 0 Å². The normalized spacial score (nSPS) is 32.5. The Hall–Kier alpha value is 0.230. The quantitative estimate of drug-likeness (QED) is 0.715. The second-order valence-electron chi connectivity index (χ2n) is 5.91. The molecule has 2 unspecified atom stereocenters. The molecule has 2 atom stereocenters. The maximum atomic E-state index is 5.68. The minimum atomic E-state index is 0.358. The van der Waals surface area contributed by atoms with Crippen LogP contribution in [-0.4, -0.2) is 62.3 Å². The summed E-state index contributed by atoms with van der Waals surface area (Å²) in [7, 11) is 2.30. The van der Waals surface area contributed by atoms with E-state index in [-0.39, 0.29) is 0 Å². The summed E-state index contributed by atoms with van der Waals surface area (Å²) in [5.41, 5.74) is 0.358. The van der Waals surface area contributed by atoms with Crippen molar-refractivity contribution >= 4 is 11.8 Å². The molecule has 0 amide bonds. The fraction of sp³-hybridized carbons (Fsp3) is 1.00. The minimum absolute atomic E-state index is 0.358. The first-order valence-electron chi connectivity index (χ1n) is 7.32. The molecule has 4 heteroatoms. The Labute approximate surface area is 116 Å². The van der Waals surface area contributed by atoms with Crippen LogP contribution in [-0.2, 0) is 4.74 Å². The number of rotatable bonds is 7. The summed E-state index contributed by atoms with van der Waals surface area (Å²) in [5, 5.41) is 3.60. The number of ether oxygens (including phenoxy) is 1. The summed E-state index contributed by atoms with van der Waals surface area (Å²) < 4.78 is 5.68. The van der Waals surface area contributed by atoms with Gasteiger partial charge in [0.15, 0.2) is 0 Å². The van der Waals surface area contributed by atoms with Crippen molar-refractivity contribution in [1.82, 2.24) is 10.2 Å². The molecule has 2 aliphatic heterocycles. The van der Waals surface area contributed by atoms with Crippen molar-refractivity contribution in [3.05, 3.63) is 0 Å². The first-order valence-corrected chi connectivity index (χ1v) is 8.48. The van der Waals surface area contributed by atoms with E-state index >= 15 is 0 Å². The summed E-state index contributed by atoms with van der Waals surface area (Å²) in [6.45, 7) is 7.55. The Morgan fingerprint density at radius 1 is 1.50 bits per heavy atom. The molecule has 2 rings (SSSR count). The van der Waals surface area contributed by atoms with E-state index in [1.165, 1.54) is 37.3 Å². The Kier molecular flexibility index (Phi) is 5.80.